The first-order valence-electron chi connectivity index (χ1n) is 4.25. The number of aryl methyl sites for hydroxylation is 1. The van der Waals surface area contributed by atoms with E-state index in [1.165, 1.54) is 0 Å². The summed E-state index contributed by atoms with van der Waals surface area (Å²) in [6.45, 7) is 2.60. The highest BCUT2D eigenvalue weighted by Crippen LogP contribution is 2.28. The van der Waals surface area contributed by atoms with Gasteiger partial charge in [-0.2, -0.15) is 0 Å². The van der Waals surface area contributed by atoms with Crippen LogP contribution in [0.25, 0.3) is 9.88 Å². The molecule has 2 rings (SSSR count). The van der Waals surface area contributed by atoms with Gasteiger partial charge in [-0.1, -0.05) is 11.3 Å². The maximum absolute atomic E-state index is 5.44. The predicted octanol–water partition coefficient (Wildman–Crippen LogP) is 1.47. The Hall–Kier alpha value is -0.850. The Morgan fingerprint density at radius 3 is 2.86 bits per heavy atom. The second-order valence-corrected chi connectivity index (χ2v) is 5.08. The van der Waals surface area contributed by atoms with Crippen LogP contribution in [-0.4, -0.2) is 21.7 Å². The quantitative estimate of drug-likeness (QED) is 0.860. The maximum atomic E-state index is 5.44. The molecule has 0 saturated carbocycles. The molecular weight excluding hydrogens is 216 g/mol. The number of rotatable bonds is 3. The summed E-state index contributed by atoms with van der Waals surface area (Å²) < 4.78 is 0. The Kier molecular flexibility index (Phi) is 2.85. The van der Waals surface area contributed by atoms with Gasteiger partial charge in [0.2, 0.25) is 0 Å². The lowest BCUT2D eigenvalue weighted by Crippen LogP contribution is -2.01. The summed E-state index contributed by atoms with van der Waals surface area (Å²) in [7, 11) is 0. The first-order valence-corrected chi connectivity index (χ1v) is 5.88. The molecule has 0 saturated heterocycles. The van der Waals surface area contributed by atoms with E-state index >= 15 is 0 Å². The van der Waals surface area contributed by atoms with Gasteiger partial charge in [0.15, 0.2) is 5.01 Å². The third-order valence-electron chi connectivity index (χ3n) is 1.66. The second kappa shape index (κ2) is 4.12. The molecule has 2 N–H and O–H groups in total. The van der Waals surface area contributed by atoms with Gasteiger partial charge in [0, 0.05) is 12.6 Å². The third kappa shape index (κ3) is 1.97. The summed E-state index contributed by atoms with van der Waals surface area (Å²) in [6.07, 6.45) is 2.64. The number of nitrogens with two attached hydrogens (primary N) is 1. The highest BCUT2D eigenvalue weighted by Gasteiger charge is 2.08. The molecule has 0 unspecified atom stereocenters. The van der Waals surface area contributed by atoms with Crippen LogP contribution in [0.1, 0.15) is 10.0 Å². The van der Waals surface area contributed by atoms with Gasteiger partial charge < -0.3 is 5.73 Å². The Labute approximate surface area is 89.8 Å². The molecule has 4 nitrogen and oxygen atoms in total. The van der Waals surface area contributed by atoms with Crippen LogP contribution in [-0.2, 0) is 6.42 Å². The van der Waals surface area contributed by atoms with Crippen LogP contribution in [0.3, 0.4) is 0 Å². The lowest BCUT2D eigenvalue weighted by atomic mass is 10.5. The standard InChI is InChI=1S/C8H10N4S2/c1-5-10-4-6(13-5)8-12-11-7(14-8)2-3-9/h4H,2-3,9H2,1H3. The first-order chi connectivity index (χ1) is 6.79. The lowest BCUT2D eigenvalue weighted by Gasteiger charge is -1.85. The molecule has 14 heavy (non-hydrogen) atoms. The monoisotopic (exact) mass is 226 g/mol. The van der Waals surface area contributed by atoms with E-state index < -0.39 is 0 Å². The molecule has 0 atom stereocenters. The minimum atomic E-state index is 0.621. The lowest BCUT2D eigenvalue weighted by molar-refractivity contribution is 0.914. The van der Waals surface area contributed by atoms with Gasteiger partial charge in [-0.05, 0) is 13.5 Å². The normalized spacial score (nSPS) is 10.7. The predicted molar refractivity (Wildman–Crippen MR) is 58.5 cm³/mol. The van der Waals surface area contributed by atoms with Crippen molar-refractivity contribution in [2.24, 2.45) is 5.73 Å². The zero-order valence-corrected chi connectivity index (χ0v) is 9.36. The van der Waals surface area contributed by atoms with Crippen LogP contribution in [0.4, 0.5) is 0 Å². The number of hydrogen-bond acceptors (Lipinski definition) is 6. The SMILES string of the molecule is Cc1ncc(-c2nnc(CCN)s2)s1. The van der Waals surface area contributed by atoms with Gasteiger partial charge in [-0.25, -0.2) is 4.98 Å². The first kappa shape index (κ1) is 9.70. The fourth-order valence-electron chi connectivity index (χ4n) is 1.04. The number of aromatic nitrogens is 3. The van der Waals surface area contributed by atoms with Crippen LogP contribution >= 0.6 is 22.7 Å². The van der Waals surface area contributed by atoms with E-state index in [1.807, 2.05) is 13.1 Å². The minimum absolute atomic E-state index is 0.621. The van der Waals surface area contributed by atoms with Crippen molar-refractivity contribution in [2.45, 2.75) is 13.3 Å². The molecule has 74 valence electrons. The van der Waals surface area contributed by atoms with Gasteiger partial charge in [-0.15, -0.1) is 21.5 Å². The molecule has 0 bridgehead atoms. The van der Waals surface area contributed by atoms with Gasteiger partial charge in [-0.3, -0.25) is 0 Å². The molecule has 2 heterocycles. The average molecular weight is 226 g/mol. The summed E-state index contributed by atoms with van der Waals surface area (Å²) in [5, 5.41) is 11.1. The molecule has 0 spiro atoms. The molecule has 2 aromatic heterocycles. The van der Waals surface area contributed by atoms with Crippen molar-refractivity contribution in [3.63, 3.8) is 0 Å². The van der Waals surface area contributed by atoms with Crippen LogP contribution in [0, 0.1) is 6.92 Å². The van der Waals surface area contributed by atoms with Gasteiger partial charge in [0.05, 0.1) is 9.88 Å². The van der Waals surface area contributed by atoms with Crippen molar-refractivity contribution in [3.05, 3.63) is 16.2 Å². The summed E-state index contributed by atoms with van der Waals surface area (Å²) in [6, 6.07) is 0. The zero-order chi connectivity index (χ0) is 9.97. The topological polar surface area (TPSA) is 64.7 Å². The van der Waals surface area contributed by atoms with Crippen LogP contribution in [0.5, 0.6) is 0 Å². The van der Waals surface area contributed by atoms with Crippen LogP contribution in [0.2, 0.25) is 0 Å². The molecule has 0 aromatic carbocycles. The van der Waals surface area contributed by atoms with Gasteiger partial charge >= 0.3 is 0 Å². The molecule has 0 amide bonds. The minimum Gasteiger partial charge on any atom is -0.330 e. The van der Waals surface area contributed by atoms with Crippen molar-refractivity contribution in [2.75, 3.05) is 6.54 Å². The zero-order valence-electron chi connectivity index (χ0n) is 7.73. The third-order valence-corrected chi connectivity index (χ3v) is 3.72. The number of nitrogens with zero attached hydrogens (tertiary/aromatic N) is 3. The Bertz CT molecular complexity index is 420. The van der Waals surface area contributed by atoms with E-state index in [1.54, 1.807) is 22.7 Å². The van der Waals surface area contributed by atoms with Gasteiger partial charge in [0.25, 0.3) is 0 Å². The van der Waals surface area contributed by atoms with E-state index in [4.69, 9.17) is 5.73 Å². The smallest absolute Gasteiger partial charge is 0.159 e. The molecule has 0 radical (unpaired) electrons. The fraction of sp³-hybridized carbons (Fsp3) is 0.375. The van der Waals surface area contributed by atoms with Crippen molar-refractivity contribution < 1.29 is 0 Å². The Morgan fingerprint density at radius 2 is 2.21 bits per heavy atom. The molecule has 2 aromatic rings. The van der Waals surface area contributed by atoms with Crippen molar-refractivity contribution in [1.29, 1.82) is 0 Å². The average Bonchev–Trinajstić information content (AvgIpc) is 2.74. The fourth-order valence-corrected chi connectivity index (χ4v) is 2.70. The largest absolute Gasteiger partial charge is 0.330 e. The molecule has 0 aliphatic rings. The van der Waals surface area contributed by atoms with Gasteiger partial charge in [0.1, 0.15) is 5.01 Å². The summed E-state index contributed by atoms with van der Waals surface area (Å²) in [5.41, 5.74) is 5.44. The molecular formula is C8H10N4S2. The van der Waals surface area contributed by atoms with Crippen molar-refractivity contribution in [1.82, 2.24) is 15.2 Å². The summed E-state index contributed by atoms with van der Waals surface area (Å²) >= 11 is 3.23. The highest BCUT2D eigenvalue weighted by molar-refractivity contribution is 7.21. The molecule has 0 aliphatic heterocycles. The van der Waals surface area contributed by atoms with E-state index in [9.17, 15) is 0 Å². The van der Waals surface area contributed by atoms with E-state index in [2.05, 4.69) is 15.2 Å². The van der Waals surface area contributed by atoms with E-state index in [-0.39, 0.29) is 0 Å². The number of thiazole rings is 1. The van der Waals surface area contributed by atoms with Crippen LogP contribution < -0.4 is 5.73 Å². The van der Waals surface area contributed by atoms with Crippen LogP contribution in [0.15, 0.2) is 6.20 Å². The molecule has 0 fully saturated rings. The van der Waals surface area contributed by atoms with E-state index in [0.717, 1.165) is 26.3 Å². The number of hydrogen-bond donors (Lipinski definition) is 1. The van der Waals surface area contributed by atoms with Crippen molar-refractivity contribution in [3.8, 4) is 9.88 Å². The maximum Gasteiger partial charge on any atom is 0.159 e. The summed E-state index contributed by atoms with van der Waals surface area (Å²) in [4.78, 5) is 5.27. The molecule has 6 heteroatoms. The van der Waals surface area contributed by atoms with E-state index in [0.29, 0.717) is 6.54 Å². The second-order valence-electron chi connectivity index (χ2n) is 2.78. The molecule has 0 aliphatic carbocycles. The summed E-state index contributed by atoms with van der Waals surface area (Å²) in [5.74, 6) is 0. The van der Waals surface area contributed by atoms with Crippen molar-refractivity contribution >= 4 is 22.7 Å². The highest BCUT2D eigenvalue weighted by atomic mass is 32.1. The Morgan fingerprint density at radius 1 is 1.36 bits per heavy atom. The Balaban J connectivity index is 2.24.